The van der Waals surface area contributed by atoms with E-state index in [9.17, 15) is 4.79 Å². The summed E-state index contributed by atoms with van der Waals surface area (Å²) in [5.41, 5.74) is 1.72. The Morgan fingerprint density at radius 2 is 1.87 bits per heavy atom. The number of benzene rings is 2. The molecule has 0 aliphatic carbocycles. The molecule has 7 heteroatoms. The lowest BCUT2D eigenvalue weighted by atomic mass is 10.0. The fourth-order valence-electron chi connectivity index (χ4n) is 2.20. The highest BCUT2D eigenvalue weighted by Gasteiger charge is 2.17. The standard InChI is InChI=1S/C16H11Cl2N3O.ClH/c17-9-15-20-19-10-21(15)14-7-6-12(18)8-13(14)16(22)11-4-2-1-3-5-11;/h1-8,10H,9H2;1H. The van der Waals surface area contributed by atoms with Gasteiger partial charge in [-0.25, -0.2) is 0 Å². The molecule has 0 spiro atoms. The Hall–Kier alpha value is -1.88. The van der Waals surface area contributed by atoms with Crippen molar-refractivity contribution in [2.75, 3.05) is 0 Å². The van der Waals surface area contributed by atoms with E-state index in [0.717, 1.165) is 0 Å². The predicted molar refractivity (Wildman–Crippen MR) is 93.0 cm³/mol. The highest BCUT2D eigenvalue weighted by molar-refractivity contribution is 6.31. The Morgan fingerprint density at radius 3 is 2.57 bits per heavy atom. The monoisotopic (exact) mass is 367 g/mol. The minimum atomic E-state index is -0.118. The second-order valence-electron chi connectivity index (χ2n) is 4.61. The molecule has 3 aromatic rings. The molecule has 3 rings (SSSR count). The van der Waals surface area contributed by atoms with Gasteiger partial charge in [0.25, 0.3) is 0 Å². The van der Waals surface area contributed by atoms with E-state index < -0.39 is 0 Å². The van der Waals surface area contributed by atoms with Crippen molar-refractivity contribution >= 4 is 41.4 Å². The van der Waals surface area contributed by atoms with Gasteiger partial charge in [-0.05, 0) is 18.2 Å². The average molecular weight is 369 g/mol. The molecule has 0 fully saturated rings. The Balaban J connectivity index is 0.00000192. The van der Waals surface area contributed by atoms with E-state index in [1.807, 2.05) is 18.2 Å². The maximum atomic E-state index is 12.8. The van der Waals surface area contributed by atoms with Crippen LogP contribution in [0.4, 0.5) is 0 Å². The van der Waals surface area contributed by atoms with Gasteiger partial charge in [-0.2, -0.15) is 0 Å². The SMILES string of the molecule is Cl.O=C(c1ccccc1)c1cc(Cl)ccc1-n1cnnc1CCl. The summed E-state index contributed by atoms with van der Waals surface area (Å²) >= 11 is 11.9. The number of carbonyl (C=O) groups is 1. The largest absolute Gasteiger partial charge is 0.289 e. The maximum absolute atomic E-state index is 12.8. The van der Waals surface area contributed by atoms with Crippen LogP contribution >= 0.6 is 35.6 Å². The summed E-state index contributed by atoms with van der Waals surface area (Å²) in [7, 11) is 0. The lowest BCUT2D eigenvalue weighted by Crippen LogP contribution is -2.09. The molecule has 0 unspecified atom stereocenters. The van der Waals surface area contributed by atoms with Gasteiger partial charge in [0.2, 0.25) is 0 Å². The normalized spacial score (nSPS) is 10.2. The number of carbonyl (C=O) groups excluding carboxylic acids is 1. The second-order valence-corrected chi connectivity index (χ2v) is 5.31. The quantitative estimate of drug-likeness (QED) is 0.509. The zero-order chi connectivity index (χ0) is 15.5. The van der Waals surface area contributed by atoms with Crippen LogP contribution in [0.5, 0.6) is 0 Å². The van der Waals surface area contributed by atoms with Crippen molar-refractivity contribution in [3.8, 4) is 5.69 Å². The van der Waals surface area contributed by atoms with Gasteiger partial charge in [-0.15, -0.1) is 34.2 Å². The molecule has 4 nitrogen and oxygen atoms in total. The first-order valence-corrected chi connectivity index (χ1v) is 7.46. The highest BCUT2D eigenvalue weighted by Crippen LogP contribution is 2.24. The topological polar surface area (TPSA) is 47.8 Å². The van der Waals surface area contributed by atoms with Crippen LogP contribution in [0.25, 0.3) is 5.69 Å². The van der Waals surface area contributed by atoms with Crippen LogP contribution in [-0.4, -0.2) is 20.5 Å². The molecule has 0 aliphatic heterocycles. The number of aromatic nitrogens is 3. The summed E-state index contributed by atoms with van der Waals surface area (Å²) in [5.74, 6) is 0.639. The third-order valence-electron chi connectivity index (χ3n) is 3.24. The molecule has 0 aliphatic rings. The molecule has 0 saturated carbocycles. The van der Waals surface area contributed by atoms with Crippen molar-refractivity contribution < 1.29 is 4.79 Å². The molecule has 0 radical (unpaired) electrons. The van der Waals surface area contributed by atoms with Crippen LogP contribution < -0.4 is 0 Å². The van der Waals surface area contributed by atoms with Gasteiger partial charge in [0.15, 0.2) is 11.6 Å². The summed E-state index contributed by atoms with van der Waals surface area (Å²) in [6.45, 7) is 0. The number of nitrogens with zero attached hydrogens (tertiary/aromatic N) is 3. The van der Waals surface area contributed by atoms with E-state index in [0.29, 0.717) is 27.7 Å². The van der Waals surface area contributed by atoms with Gasteiger partial charge in [0.1, 0.15) is 6.33 Å². The molecule has 0 bridgehead atoms. The van der Waals surface area contributed by atoms with Crippen molar-refractivity contribution in [2.24, 2.45) is 0 Å². The van der Waals surface area contributed by atoms with Crippen LogP contribution in [0.3, 0.4) is 0 Å². The summed E-state index contributed by atoms with van der Waals surface area (Å²) in [4.78, 5) is 12.8. The minimum absolute atomic E-state index is 0. The van der Waals surface area contributed by atoms with Crippen molar-refractivity contribution in [1.82, 2.24) is 14.8 Å². The molecule has 0 amide bonds. The Labute approximate surface area is 149 Å². The predicted octanol–water partition coefficient (Wildman–Crippen LogP) is 4.31. The Bertz CT molecular complexity index is 818. The third kappa shape index (κ3) is 3.55. The molecule has 1 aromatic heterocycles. The number of hydrogen-bond donors (Lipinski definition) is 0. The Kier molecular flexibility index (Phi) is 5.77. The fraction of sp³-hybridized carbons (Fsp3) is 0.0625. The molecule has 1 heterocycles. The molecule has 23 heavy (non-hydrogen) atoms. The minimum Gasteiger partial charge on any atom is -0.289 e. The smallest absolute Gasteiger partial charge is 0.195 e. The summed E-state index contributed by atoms with van der Waals surface area (Å²) < 4.78 is 1.69. The molecule has 0 atom stereocenters. The molecular weight excluding hydrogens is 357 g/mol. The van der Waals surface area contributed by atoms with Crippen LogP contribution in [-0.2, 0) is 5.88 Å². The zero-order valence-corrected chi connectivity index (χ0v) is 14.1. The molecule has 0 saturated heterocycles. The fourth-order valence-corrected chi connectivity index (χ4v) is 2.55. The van der Waals surface area contributed by atoms with Crippen LogP contribution in [0, 0.1) is 0 Å². The molecular formula is C16H12Cl3N3O. The van der Waals surface area contributed by atoms with Crippen LogP contribution in [0.1, 0.15) is 21.7 Å². The highest BCUT2D eigenvalue weighted by atomic mass is 35.5. The third-order valence-corrected chi connectivity index (χ3v) is 3.71. The number of halogens is 3. The number of ketones is 1. The van der Waals surface area contributed by atoms with Gasteiger partial charge >= 0.3 is 0 Å². The van der Waals surface area contributed by atoms with Gasteiger partial charge in [-0.3, -0.25) is 9.36 Å². The van der Waals surface area contributed by atoms with Crippen molar-refractivity contribution in [2.45, 2.75) is 5.88 Å². The van der Waals surface area contributed by atoms with E-state index in [4.69, 9.17) is 23.2 Å². The number of alkyl halides is 1. The van der Waals surface area contributed by atoms with Gasteiger partial charge in [-0.1, -0.05) is 41.9 Å². The number of rotatable bonds is 4. The maximum Gasteiger partial charge on any atom is 0.195 e. The lowest BCUT2D eigenvalue weighted by molar-refractivity contribution is 0.103. The van der Waals surface area contributed by atoms with Crippen molar-refractivity contribution in [3.63, 3.8) is 0 Å². The molecule has 118 valence electrons. The lowest BCUT2D eigenvalue weighted by Gasteiger charge is -2.11. The second kappa shape index (κ2) is 7.59. The van der Waals surface area contributed by atoms with E-state index in [1.54, 1.807) is 34.9 Å². The average Bonchev–Trinajstić information content (AvgIpc) is 3.03. The van der Waals surface area contributed by atoms with Crippen molar-refractivity contribution in [1.29, 1.82) is 0 Å². The van der Waals surface area contributed by atoms with E-state index in [1.165, 1.54) is 6.33 Å². The Morgan fingerprint density at radius 1 is 1.13 bits per heavy atom. The van der Waals surface area contributed by atoms with Crippen LogP contribution in [0.2, 0.25) is 5.02 Å². The molecule has 2 aromatic carbocycles. The van der Waals surface area contributed by atoms with Crippen LogP contribution in [0.15, 0.2) is 54.9 Å². The first-order chi connectivity index (χ1) is 10.7. The zero-order valence-electron chi connectivity index (χ0n) is 11.8. The summed E-state index contributed by atoms with van der Waals surface area (Å²) in [6.07, 6.45) is 1.53. The first kappa shape index (κ1) is 17.5. The van der Waals surface area contributed by atoms with Gasteiger partial charge in [0, 0.05) is 16.1 Å². The van der Waals surface area contributed by atoms with E-state index in [2.05, 4.69) is 10.2 Å². The summed E-state index contributed by atoms with van der Waals surface area (Å²) in [5, 5.41) is 8.28. The summed E-state index contributed by atoms with van der Waals surface area (Å²) in [6, 6.07) is 14.2. The van der Waals surface area contributed by atoms with E-state index in [-0.39, 0.29) is 24.1 Å². The first-order valence-electron chi connectivity index (χ1n) is 6.55. The van der Waals surface area contributed by atoms with E-state index >= 15 is 0 Å². The van der Waals surface area contributed by atoms with Crippen molar-refractivity contribution in [3.05, 3.63) is 76.8 Å². The van der Waals surface area contributed by atoms with Gasteiger partial charge < -0.3 is 0 Å². The van der Waals surface area contributed by atoms with Gasteiger partial charge in [0.05, 0.1) is 11.6 Å². The molecule has 0 N–H and O–H groups in total. The number of hydrogen-bond acceptors (Lipinski definition) is 3.